The minimum Gasteiger partial charge on any atom is -0.455 e. The number of carbonyl (C=O) groups excluding carboxylic acids is 2. The van der Waals surface area contributed by atoms with Crippen molar-refractivity contribution >= 4 is 11.8 Å². The van der Waals surface area contributed by atoms with Gasteiger partial charge in [0.05, 0.1) is 6.10 Å². The SMILES string of the molecule is CCC(C=C[C@H]1CC=CC(=O)O1)=C[C@H](C)CC=CC(C)=C[C@@H](C)C(=O)[C@@H](C)[C@H](O)[C@@H](C)CC. The van der Waals surface area contributed by atoms with Gasteiger partial charge in [0, 0.05) is 24.3 Å². The molecule has 0 bridgehead atoms. The van der Waals surface area contributed by atoms with Crippen LogP contribution in [0.4, 0.5) is 0 Å². The second-order valence-electron chi connectivity index (χ2n) is 9.45. The molecule has 6 atom stereocenters. The predicted molar refractivity (Wildman–Crippen MR) is 137 cm³/mol. The molecular formula is C29H44O4. The zero-order valence-corrected chi connectivity index (χ0v) is 21.6. The molecule has 33 heavy (non-hydrogen) atoms. The van der Waals surface area contributed by atoms with Crippen molar-refractivity contribution in [2.24, 2.45) is 23.7 Å². The van der Waals surface area contributed by atoms with Gasteiger partial charge in [-0.2, -0.15) is 0 Å². The average molecular weight is 457 g/mol. The summed E-state index contributed by atoms with van der Waals surface area (Å²) in [4.78, 5) is 24.0. The van der Waals surface area contributed by atoms with E-state index in [-0.39, 0.29) is 35.6 Å². The lowest BCUT2D eigenvalue weighted by atomic mass is 9.84. The van der Waals surface area contributed by atoms with Gasteiger partial charge in [0.25, 0.3) is 0 Å². The molecule has 1 heterocycles. The molecule has 0 saturated carbocycles. The van der Waals surface area contributed by atoms with Gasteiger partial charge in [0.15, 0.2) is 0 Å². The van der Waals surface area contributed by atoms with E-state index in [1.165, 1.54) is 11.6 Å². The lowest BCUT2D eigenvalue weighted by molar-refractivity contribution is -0.141. The van der Waals surface area contributed by atoms with Crippen LogP contribution in [0, 0.1) is 23.7 Å². The quantitative estimate of drug-likeness (QED) is 0.253. The lowest BCUT2D eigenvalue weighted by Gasteiger charge is -2.24. The molecule has 1 rings (SSSR count). The van der Waals surface area contributed by atoms with E-state index in [1.54, 1.807) is 0 Å². The van der Waals surface area contributed by atoms with E-state index < -0.39 is 6.10 Å². The molecule has 0 fully saturated rings. The summed E-state index contributed by atoms with van der Waals surface area (Å²) in [6.07, 6.45) is 18.4. The van der Waals surface area contributed by atoms with E-state index in [9.17, 15) is 14.7 Å². The Kier molecular flexibility index (Phi) is 13.0. The summed E-state index contributed by atoms with van der Waals surface area (Å²) in [7, 11) is 0. The summed E-state index contributed by atoms with van der Waals surface area (Å²) in [6, 6.07) is 0. The fourth-order valence-electron chi connectivity index (χ4n) is 3.93. The van der Waals surface area contributed by atoms with E-state index in [0.717, 1.165) is 31.3 Å². The fraction of sp³-hybridized carbons (Fsp3) is 0.586. The van der Waals surface area contributed by atoms with Crippen molar-refractivity contribution in [2.75, 3.05) is 0 Å². The Bertz CT molecular complexity index is 783. The molecule has 184 valence electrons. The molecule has 0 aromatic heterocycles. The number of esters is 1. The topological polar surface area (TPSA) is 63.6 Å². The van der Waals surface area contributed by atoms with Gasteiger partial charge >= 0.3 is 5.97 Å². The molecule has 0 saturated heterocycles. The Morgan fingerprint density at radius 3 is 2.48 bits per heavy atom. The maximum atomic E-state index is 12.7. The number of cyclic esters (lactones) is 1. The average Bonchev–Trinajstić information content (AvgIpc) is 2.79. The number of aliphatic hydroxyl groups is 1. The smallest absolute Gasteiger partial charge is 0.331 e. The van der Waals surface area contributed by atoms with Gasteiger partial charge < -0.3 is 9.84 Å². The summed E-state index contributed by atoms with van der Waals surface area (Å²) in [5.41, 5.74) is 2.28. The van der Waals surface area contributed by atoms with Gasteiger partial charge in [-0.15, -0.1) is 0 Å². The van der Waals surface area contributed by atoms with E-state index >= 15 is 0 Å². The molecule has 4 heteroatoms. The number of aliphatic hydroxyl groups excluding tert-OH is 1. The van der Waals surface area contributed by atoms with E-state index in [0.29, 0.717) is 5.92 Å². The standard InChI is InChI=1S/C29H44O4/c1-8-22(5)28(31)24(7)29(32)23(6)18-20(3)12-10-13-21(4)19-25(9-2)16-17-26-14-11-15-27(30)33-26/h10-12,15-19,21-24,26,28,31H,8-9,13-14H2,1-7H3/t21-,22+,23-,24+,26-,28-/m1/s1. The van der Waals surface area contributed by atoms with Gasteiger partial charge in [-0.3, -0.25) is 4.79 Å². The number of hydrogen-bond acceptors (Lipinski definition) is 4. The highest BCUT2D eigenvalue weighted by molar-refractivity contribution is 5.85. The summed E-state index contributed by atoms with van der Waals surface area (Å²) < 4.78 is 5.28. The Labute approximate surface area is 201 Å². The summed E-state index contributed by atoms with van der Waals surface area (Å²) in [5, 5.41) is 10.4. The van der Waals surface area contributed by atoms with Crippen LogP contribution in [0.3, 0.4) is 0 Å². The second kappa shape index (κ2) is 14.8. The van der Waals surface area contributed by atoms with E-state index in [1.807, 2.05) is 52.8 Å². The van der Waals surface area contributed by atoms with Crippen LogP contribution >= 0.6 is 0 Å². The molecule has 4 nitrogen and oxygen atoms in total. The van der Waals surface area contributed by atoms with Crippen molar-refractivity contribution in [3.8, 4) is 0 Å². The first-order valence-corrected chi connectivity index (χ1v) is 12.4. The van der Waals surface area contributed by atoms with Crippen molar-refractivity contribution < 1.29 is 19.4 Å². The molecule has 0 spiro atoms. The first-order chi connectivity index (χ1) is 15.6. The lowest BCUT2D eigenvalue weighted by Crippen LogP contribution is -2.33. The van der Waals surface area contributed by atoms with E-state index in [2.05, 4.69) is 38.2 Å². The summed E-state index contributed by atoms with van der Waals surface area (Å²) >= 11 is 0. The van der Waals surface area contributed by atoms with Crippen molar-refractivity contribution in [2.45, 2.75) is 86.4 Å². The maximum absolute atomic E-state index is 12.7. The first-order valence-electron chi connectivity index (χ1n) is 12.4. The molecule has 0 radical (unpaired) electrons. The van der Waals surface area contributed by atoms with Crippen molar-refractivity contribution in [1.29, 1.82) is 0 Å². The number of Topliss-reactive ketones (excluding diaryl/α,β-unsaturated/α-hetero) is 1. The summed E-state index contributed by atoms with van der Waals surface area (Å²) in [5.74, 6) is -0.286. The zero-order valence-electron chi connectivity index (χ0n) is 21.6. The Morgan fingerprint density at radius 1 is 1.18 bits per heavy atom. The molecule has 0 aromatic carbocycles. The largest absolute Gasteiger partial charge is 0.455 e. The highest BCUT2D eigenvalue weighted by Crippen LogP contribution is 2.21. The third-order valence-corrected chi connectivity index (χ3v) is 6.36. The van der Waals surface area contributed by atoms with Gasteiger partial charge in [0.1, 0.15) is 11.9 Å². The Hall–Kier alpha value is -2.20. The van der Waals surface area contributed by atoms with Crippen LogP contribution in [0.1, 0.15) is 74.1 Å². The molecule has 1 aliphatic rings. The van der Waals surface area contributed by atoms with Gasteiger partial charge in [-0.25, -0.2) is 4.79 Å². The monoisotopic (exact) mass is 456 g/mol. The van der Waals surface area contributed by atoms with Crippen molar-refractivity contribution in [1.82, 2.24) is 0 Å². The number of hydrogen-bond donors (Lipinski definition) is 1. The van der Waals surface area contributed by atoms with Crippen LogP contribution in [0.25, 0.3) is 0 Å². The second-order valence-corrected chi connectivity index (χ2v) is 9.45. The number of ketones is 1. The van der Waals surface area contributed by atoms with Crippen molar-refractivity contribution in [3.63, 3.8) is 0 Å². The predicted octanol–water partition coefficient (Wildman–Crippen LogP) is 6.53. The molecule has 0 aromatic rings. The first kappa shape index (κ1) is 28.8. The van der Waals surface area contributed by atoms with Crippen LogP contribution in [0.2, 0.25) is 0 Å². The molecule has 0 amide bonds. The number of ether oxygens (including phenoxy) is 1. The molecule has 1 aliphatic heterocycles. The van der Waals surface area contributed by atoms with Crippen LogP contribution in [-0.4, -0.2) is 29.1 Å². The highest BCUT2D eigenvalue weighted by Gasteiger charge is 2.28. The maximum Gasteiger partial charge on any atom is 0.331 e. The van der Waals surface area contributed by atoms with Gasteiger partial charge in [-0.05, 0) is 37.7 Å². The minimum absolute atomic E-state index is 0.0883. The van der Waals surface area contributed by atoms with Crippen molar-refractivity contribution in [3.05, 3.63) is 59.8 Å². The zero-order chi connectivity index (χ0) is 25.0. The van der Waals surface area contributed by atoms with Crippen LogP contribution in [0.15, 0.2) is 59.8 Å². The normalized spacial score (nSPS) is 22.3. The molecular weight excluding hydrogens is 412 g/mol. The number of carbonyl (C=O) groups is 2. The Balaban J connectivity index is 2.63. The highest BCUT2D eigenvalue weighted by atomic mass is 16.5. The van der Waals surface area contributed by atoms with Crippen LogP contribution in [0.5, 0.6) is 0 Å². The Morgan fingerprint density at radius 2 is 1.88 bits per heavy atom. The molecule has 0 aliphatic carbocycles. The van der Waals surface area contributed by atoms with E-state index in [4.69, 9.17) is 4.74 Å². The third kappa shape index (κ3) is 10.5. The van der Waals surface area contributed by atoms with Gasteiger partial charge in [0.2, 0.25) is 0 Å². The minimum atomic E-state index is -0.592. The molecule has 0 unspecified atom stereocenters. The summed E-state index contributed by atoms with van der Waals surface area (Å²) in [6.45, 7) is 14.1. The van der Waals surface area contributed by atoms with Gasteiger partial charge in [-0.1, -0.05) is 95.6 Å². The molecule has 1 N–H and O–H groups in total. The van der Waals surface area contributed by atoms with Crippen LogP contribution < -0.4 is 0 Å². The number of rotatable bonds is 13. The third-order valence-electron chi connectivity index (χ3n) is 6.36. The van der Waals surface area contributed by atoms with Crippen LogP contribution in [-0.2, 0) is 14.3 Å². The fourth-order valence-corrected chi connectivity index (χ4v) is 3.93. The number of allylic oxidation sites excluding steroid dienone is 7.